The van der Waals surface area contributed by atoms with Gasteiger partial charge in [0.05, 0.1) is 27.5 Å². The van der Waals surface area contributed by atoms with E-state index in [0.717, 1.165) is 54.1 Å². The maximum Gasteiger partial charge on any atom is 0.227 e. The standard InChI is InChI=1S/C23H29Cl2N7/c1-22(3-4-22)30-20(25)18(11-26)29-21-27-12-15-9-16(24)19(10-17(15)28-21)32-8-6-23(14-32)5-7-31(2)13-23/h9-12H,3-8,13-14,26H2,1-2H3,(H,27,28,29)/b18-11+,30-20?. The summed E-state index contributed by atoms with van der Waals surface area (Å²) < 4.78 is 0. The Bertz CT molecular complexity index is 1110. The van der Waals surface area contributed by atoms with Gasteiger partial charge in [-0.15, -0.1) is 0 Å². The smallest absolute Gasteiger partial charge is 0.227 e. The van der Waals surface area contributed by atoms with E-state index in [1.165, 1.54) is 25.6 Å². The number of nitrogens with two attached hydrogens (primary N) is 1. The van der Waals surface area contributed by atoms with Crippen LogP contribution in [0, 0.1) is 5.41 Å². The summed E-state index contributed by atoms with van der Waals surface area (Å²) in [6.07, 6.45) is 7.68. The number of aromatic nitrogens is 2. The zero-order chi connectivity index (χ0) is 22.5. The molecule has 3 N–H and O–H groups in total. The van der Waals surface area contributed by atoms with Crippen molar-refractivity contribution in [2.24, 2.45) is 16.1 Å². The number of allylic oxidation sites excluding steroid dienone is 1. The molecule has 2 aliphatic heterocycles. The molecule has 0 amide bonds. The summed E-state index contributed by atoms with van der Waals surface area (Å²) in [6, 6.07) is 4.01. The molecule has 170 valence electrons. The molecular formula is C23H29Cl2N7. The molecule has 1 aliphatic carbocycles. The fraction of sp³-hybridized carbons (Fsp3) is 0.522. The number of halogens is 2. The van der Waals surface area contributed by atoms with Crippen LogP contribution in [0.4, 0.5) is 11.6 Å². The SMILES string of the molecule is CN1CCC2(CCN(c3cc4nc(N/C(=C/N)C(Cl)=NC5(C)CC5)ncc4cc3Cl)C2)C1. The molecule has 7 nitrogen and oxygen atoms in total. The largest absolute Gasteiger partial charge is 0.403 e. The van der Waals surface area contributed by atoms with Crippen molar-refractivity contribution in [3.8, 4) is 0 Å². The molecule has 9 heteroatoms. The zero-order valence-corrected chi connectivity index (χ0v) is 20.0. The Balaban J connectivity index is 1.39. The Morgan fingerprint density at radius 1 is 1.22 bits per heavy atom. The minimum absolute atomic E-state index is 0.0792. The number of nitrogens with zero attached hydrogens (tertiary/aromatic N) is 5. The Morgan fingerprint density at radius 3 is 2.69 bits per heavy atom. The molecule has 1 atom stereocenters. The molecule has 2 saturated heterocycles. The second kappa shape index (κ2) is 8.04. The van der Waals surface area contributed by atoms with E-state index >= 15 is 0 Å². The van der Waals surface area contributed by atoms with Crippen LogP contribution in [-0.4, -0.2) is 58.8 Å². The number of aliphatic imine (C=N–C) groups is 1. The molecule has 3 heterocycles. The normalized spacial score (nSPS) is 25.8. The third-order valence-electron chi connectivity index (χ3n) is 7.03. The first-order valence-corrected chi connectivity index (χ1v) is 11.9. The average Bonchev–Trinajstić information content (AvgIpc) is 3.17. The van der Waals surface area contributed by atoms with E-state index in [0.29, 0.717) is 22.2 Å². The van der Waals surface area contributed by atoms with E-state index in [1.54, 1.807) is 6.20 Å². The molecule has 1 aromatic heterocycles. The number of likely N-dealkylation sites (tertiary alicyclic amines) is 1. The second-order valence-corrected chi connectivity index (χ2v) is 10.6. The van der Waals surface area contributed by atoms with Gasteiger partial charge in [0.25, 0.3) is 0 Å². The lowest BCUT2D eigenvalue weighted by atomic mass is 9.86. The van der Waals surface area contributed by atoms with Crippen LogP contribution in [0.15, 0.2) is 35.2 Å². The van der Waals surface area contributed by atoms with Crippen molar-refractivity contribution in [3.63, 3.8) is 0 Å². The van der Waals surface area contributed by atoms with Crippen molar-refractivity contribution in [1.82, 2.24) is 14.9 Å². The molecule has 1 aromatic carbocycles. The lowest BCUT2D eigenvalue weighted by Gasteiger charge is -2.25. The molecule has 3 fully saturated rings. The molecular weight excluding hydrogens is 445 g/mol. The Hall–Kier alpha value is -2.09. The van der Waals surface area contributed by atoms with E-state index in [1.807, 2.05) is 6.07 Å². The van der Waals surface area contributed by atoms with Crippen molar-refractivity contribution >= 4 is 50.9 Å². The van der Waals surface area contributed by atoms with Crippen LogP contribution < -0.4 is 16.0 Å². The van der Waals surface area contributed by atoms with Gasteiger partial charge in [0.2, 0.25) is 5.95 Å². The van der Waals surface area contributed by atoms with Crippen LogP contribution in [0.2, 0.25) is 5.02 Å². The highest BCUT2D eigenvalue weighted by molar-refractivity contribution is 6.69. The molecule has 2 aromatic rings. The molecule has 0 bridgehead atoms. The van der Waals surface area contributed by atoms with Gasteiger partial charge in [-0.3, -0.25) is 4.99 Å². The van der Waals surface area contributed by atoms with Gasteiger partial charge in [-0.05, 0) is 58.3 Å². The lowest BCUT2D eigenvalue weighted by Crippen LogP contribution is -2.29. The fourth-order valence-corrected chi connectivity index (χ4v) is 5.45. The number of fused-ring (bicyclic) bond motifs is 1. The van der Waals surface area contributed by atoms with Gasteiger partial charge < -0.3 is 20.9 Å². The highest BCUT2D eigenvalue weighted by Crippen LogP contribution is 2.43. The maximum absolute atomic E-state index is 6.68. The zero-order valence-electron chi connectivity index (χ0n) is 18.5. The van der Waals surface area contributed by atoms with Crippen LogP contribution in [0.5, 0.6) is 0 Å². The molecule has 1 unspecified atom stereocenters. The summed E-state index contributed by atoms with van der Waals surface area (Å²) in [4.78, 5) is 18.5. The molecule has 1 saturated carbocycles. The lowest BCUT2D eigenvalue weighted by molar-refractivity contribution is 0.312. The van der Waals surface area contributed by atoms with Gasteiger partial charge in [-0.1, -0.05) is 23.2 Å². The molecule has 3 aliphatic rings. The molecule has 5 rings (SSSR count). The van der Waals surface area contributed by atoms with Gasteiger partial charge in [0.1, 0.15) is 5.17 Å². The predicted octanol–water partition coefficient (Wildman–Crippen LogP) is 4.22. The number of benzene rings is 1. The average molecular weight is 474 g/mol. The van der Waals surface area contributed by atoms with Gasteiger partial charge in [0, 0.05) is 42.8 Å². The van der Waals surface area contributed by atoms with Crippen LogP contribution in [0.1, 0.15) is 32.6 Å². The third kappa shape index (κ3) is 4.26. The van der Waals surface area contributed by atoms with Gasteiger partial charge in [0.15, 0.2) is 0 Å². The highest BCUT2D eigenvalue weighted by Gasteiger charge is 2.42. The Labute approximate surface area is 198 Å². The van der Waals surface area contributed by atoms with Crippen molar-refractivity contribution < 1.29 is 0 Å². The topological polar surface area (TPSA) is 82.7 Å². The van der Waals surface area contributed by atoms with E-state index in [4.69, 9.17) is 33.9 Å². The summed E-state index contributed by atoms with van der Waals surface area (Å²) >= 11 is 13.1. The Morgan fingerprint density at radius 2 is 2.00 bits per heavy atom. The number of hydrogen-bond donors (Lipinski definition) is 2. The van der Waals surface area contributed by atoms with Crippen molar-refractivity contribution in [2.75, 3.05) is 43.4 Å². The first-order valence-electron chi connectivity index (χ1n) is 11.1. The van der Waals surface area contributed by atoms with Crippen molar-refractivity contribution in [1.29, 1.82) is 0 Å². The van der Waals surface area contributed by atoms with Crippen LogP contribution in [0.25, 0.3) is 10.9 Å². The van der Waals surface area contributed by atoms with Crippen LogP contribution >= 0.6 is 23.2 Å². The molecule has 0 radical (unpaired) electrons. The van der Waals surface area contributed by atoms with Gasteiger partial charge in [-0.2, -0.15) is 0 Å². The van der Waals surface area contributed by atoms with E-state index in [9.17, 15) is 0 Å². The monoisotopic (exact) mass is 473 g/mol. The minimum Gasteiger partial charge on any atom is -0.403 e. The number of rotatable bonds is 5. The summed E-state index contributed by atoms with van der Waals surface area (Å²) in [6.45, 7) is 6.45. The minimum atomic E-state index is -0.0792. The molecule has 1 spiro atoms. The summed E-state index contributed by atoms with van der Waals surface area (Å²) in [7, 11) is 2.21. The van der Waals surface area contributed by atoms with E-state index in [2.05, 4.69) is 45.1 Å². The summed E-state index contributed by atoms with van der Waals surface area (Å²) in [5.74, 6) is 0.423. The van der Waals surface area contributed by atoms with Crippen LogP contribution in [-0.2, 0) is 0 Å². The summed E-state index contributed by atoms with van der Waals surface area (Å²) in [5, 5.41) is 5.09. The first kappa shape index (κ1) is 21.7. The second-order valence-electron chi connectivity index (χ2n) is 9.82. The van der Waals surface area contributed by atoms with Gasteiger partial charge in [-0.25, -0.2) is 9.97 Å². The number of hydrogen-bond acceptors (Lipinski definition) is 7. The third-order valence-corrected chi connectivity index (χ3v) is 7.62. The predicted molar refractivity (Wildman–Crippen MR) is 133 cm³/mol. The maximum atomic E-state index is 6.68. The Kier molecular flexibility index (Phi) is 5.47. The van der Waals surface area contributed by atoms with E-state index < -0.39 is 0 Å². The van der Waals surface area contributed by atoms with E-state index in [-0.39, 0.29) is 5.54 Å². The highest BCUT2D eigenvalue weighted by atomic mass is 35.5. The number of nitrogens with one attached hydrogen (secondary N) is 1. The summed E-state index contributed by atoms with van der Waals surface area (Å²) in [5.41, 5.74) is 8.45. The first-order chi connectivity index (χ1) is 15.3. The number of anilines is 2. The van der Waals surface area contributed by atoms with Crippen molar-refractivity contribution in [2.45, 2.75) is 38.1 Å². The fourth-order valence-electron chi connectivity index (χ4n) is 4.85. The molecule has 32 heavy (non-hydrogen) atoms. The van der Waals surface area contributed by atoms with Gasteiger partial charge >= 0.3 is 0 Å². The van der Waals surface area contributed by atoms with Crippen molar-refractivity contribution in [3.05, 3.63) is 35.2 Å². The van der Waals surface area contributed by atoms with Crippen LogP contribution in [0.3, 0.4) is 0 Å². The quantitative estimate of drug-likeness (QED) is 0.632.